The molecule has 7 heteroatoms. The smallest absolute Gasteiger partial charge is 0.345 e. The molecule has 0 aliphatic rings. The van der Waals surface area contributed by atoms with Gasteiger partial charge < -0.3 is 10.5 Å². The Morgan fingerprint density at radius 2 is 2.25 bits per heavy atom. The molecule has 0 radical (unpaired) electrons. The summed E-state index contributed by atoms with van der Waals surface area (Å²) in [4.78, 5) is 21.4. The fourth-order valence-corrected chi connectivity index (χ4v) is 1.26. The van der Waals surface area contributed by atoms with Crippen LogP contribution in [0.15, 0.2) is 12.1 Å². The molecule has 0 aromatic heterocycles. The first-order valence-corrected chi connectivity index (χ1v) is 4.75. The minimum atomic E-state index is -0.794. The second kappa shape index (κ2) is 4.80. The Kier molecular flexibility index (Phi) is 3.68. The van der Waals surface area contributed by atoms with Gasteiger partial charge in [0.2, 0.25) is 0 Å². The number of hydrogen-bond donors (Lipinski definition) is 1. The number of anilines is 1. The highest BCUT2D eigenvalue weighted by atomic mass is 35.5. The lowest BCUT2D eigenvalue weighted by atomic mass is 10.1. The van der Waals surface area contributed by atoms with E-state index >= 15 is 0 Å². The average molecular weight is 245 g/mol. The highest BCUT2D eigenvalue weighted by molar-refractivity contribution is 6.33. The first-order valence-electron chi connectivity index (χ1n) is 4.38. The lowest BCUT2D eigenvalue weighted by molar-refractivity contribution is -0.385. The molecule has 6 nitrogen and oxygen atoms in total. The molecule has 0 saturated carbocycles. The fraction of sp³-hybridized carbons (Fsp3) is 0.222. The van der Waals surface area contributed by atoms with Crippen molar-refractivity contribution in [2.24, 2.45) is 0 Å². The number of carbonyl (C=O) groups excluding carboxylic acids is 1. The Morgan fingerprint density at radius 3 is 2.75 bits per heavy atom. The molecule has 0 spiro atoms. The molecular formula is C9H9ClN2O4. The van der Waals surface area contributed by atoms with E-state index in [1.54, 1.807) is 6.92 Å². The van der Waals surface area contributed by atoms with Crippen LogP contribution >= 0.6 is 11.6 Å². The van der Waals surface area contributed by atoms with Crippen LogP contribution in [-0.2, 0) is 4.74 Å². The largest absolute Gasteiger partial charge is 0.462 e. The monoisotopic (exact) mass is 244 g/mol. The van der Waals surface area contributed by atoms with Gasteiger partial charge in [-0.05, 0) is 13.0 Å². The summed E-state index contributed by atoms with van der Waals surface area (Å²) in [6.45, 7) is 1.72. The van der Waals surface area contributed by atoms with Crippen molar-refractivity contribution in [3.8, 4) is 0 Å². The zero-order valence-electron chi connectivity index (χ0n) is 8.40. The molecule has 0 heterocycles. The van der Waals surface area contributed by atoms with Gasteiger partial charge in [0.05, 0.1) is 22.2 Å². The molecule has 2 N–H and O–H groups in total. The number of nitrogens with two attached hydrogens (primary N) is 1. The molecule has 1 rings (SSSR count). The summed E-state index contributed by atoms with van der Waals surface area (Å²) in [6.07, 6.45) is 0. The van der Waals surface area contributed by atoms with E-state index in [4.69, 9.17) is 17.3 Å². The van der Waals surface area contributed by atoms with Gasteiger partial charge in [0.25, 0.3) is 5.69 Å². The summed E-state index contributed by atoms with van der Waals surface area (Å²) in [5.41, 5.74) is 4.94. The van der Waals surface area contributed by atoms with E-state index in [0.29, 0.717) is 0 Å². The van der Waals surface area contributed by atoms with Gasteiger partial charge in [0.15, 0.2) is 0 Å². The van der Waals surface area contributed by atoms with Crippen molar-refractivity contribution in [2.75, 3.05) is 12.3 Å². The van der Waals surface area contributed by atoms with Crippen LogP contribution in [0.25, 0.3) is 0 Å². The summed E-state index contributed by atoms with van der Waals surface area (Å²) >= 11 is 5.63. The van der Waals surface area contributed by atoms with Crippen molar-refractivity contribution in [1.29, 1.82) is 0 Å². The Labute approximate surface area is 96.1 Å². The number of nitro groups is 1. The Hall–Kier alpha value is -1.82. The Balaban J connectivity index is 3.30. The van der Waals surface area contributed by atoms with Crippen LogP contribution in [0, 0.1) is 10.1 Å². The Morgan fingerprint density at radius 1 is 1.62 bits per heavy atom. The van der Waals surface area contributed by atoms with Gasteiger partial charge >= 0.3 is 5.97 Å². The predicted molar refractivity (Wildman–Crippen MR) is 58.5 cm³/mol. The first-order chi connectivity index (χ1) is 7.47. The van der Waals surface area contributed by atoms with Crippen molar-refractivity contribution in [3.63, 3.8) is 0 Å². The summed E-state index contributed by atoms with van der Waals surface area (Å²) in [6, 6.07) is 2.17. The minimum absolute atomic E-state index is 0.0275. The predicted octanol–water partition coefficient (Wildman–Crippen LogP) is 2.01. The standard InChI is InChI=1S/C9H9ClN2O4/c1-2-16-9(13)5-3-7(11)6(10)4-8(5)12(14)15/h3-4H,2,11H2,1H3. The van der Waals surface area contributed by atoms with Gasteiger partial charge in [-0.3, -0.25) is 10.1 Å². The quantitative estimate of drug-likeness (QED) is 0.380. The van der Waals surface area contributed by atoms with E-state index in [0.717, 1.165) is 12.1 Å². The number of carbonyl (C=O) groups is 1. The lowest BCUT2D eigenvalue weighted by Gasteiger charge is -2.05. The van der Waals surface area contributed by atoms with Crippen LogP contribution < -0.4 is 5.73 Å². The van der Waals surface area contributed by atoms with Crippen molar-refractivity contribution < 1.29 is 14.5 Å². The van der Waals surface area contributed by atoms with Crippen LogP contribution in [0.2, 0.25) is 5.02 Å². The van der Waals surface area contributed by atoms with Crippen molar-refractivity contribution in [1.82, 2.24) is 0 Å². The van der Waals surface area contributed by atoms with Crippen LogP contribution in [0.4, 0.5) is 11.4 Å². The molecule has 86 valence electrons. The second-order valence-electron chi connectivity index (χ2n) is 2.87. The van der Waals surface area contributed by atoms with Crippen molar-refractivity contribution in [2.45, 2.75) is 6.92 Å². The highest BCUT2D eigenvalue weighted by Gasteiger charge is 2.23. The van der Waals surface area contributed by atoms with E-state index in [2.05, 4.69) is 4.74 Å². The van der Waals surface area contributed by atoms with Crippen molar-refractivity contribution >= 4 is 28.9 Å². The van der Waals surface area contributed by atoms with Gasteiger partial charge in [-0.2, -0.15) is 0 Å². The molecule has 0 atom stereocenters. The minimum Gasteiger partial charge on any atom is -0.462 e. The Bertz CT molecular complexity index is 447. The van der Waals surface area contributed by atoms with Crippen molar-refractivity contribution in [3.05, 3.63) is 32.8 Å². The molecular weight excluding hydrogens is 236 g/mol. The van der Waals surface area contributed by atoms with Gasteiger partial charge in [0.1, 0.15) is 5.56 Å². The maximum Gasteiger partial charge on any atom is 0.345 e. The number of ether oxygens (including phenoxy) is 1. The number of rotatable bonds is 3. The topological polar surface area (TPSA) is 95.5 Å². The third-order valence-electron chi connectivity index (χ3n) is 1.81. The third-order valence-corrected chi connectivity index (χ3v) is 2.13. The van der Waals surface area contributed by atoms with Gasteiger partial charge in [-0.25, -0.2) is 4.79 Å². The van der Waals surface area contributed by atoms with E-state index in [-0.39, 0.29) is 22.9 Å². The number of benzene rings is 1. The van der Waals surface area contributed by atoms with Gasteiger partial charge in [-0.15, -0.1) is 0 Å². The van der Waals surface area contributed by atoms with Gasteiger partial charge in [0, 0.05) is 6.07 Å². The summed E-state index contributed by atoms with van der Waals surface area (Å²) < 4.78 is 4.67. The van der Waals surface area contributed by atoms with Crippen LogP contribution in [-0.4, -0.2) is 17.5 Å². The first kappa shape index (κ1) is 12.3. The second-order valence-corrected chi connectivity index (χ2v) is 3.28. The number of nitro benzene ring substituents is 1. The molecule has 0 fully saturated rings. The van der Waals surface area contributed by atoms with Gasteiger partial charge in [-0.1, -0.05) is 11.6 Å². The molecule has 0 saturated heterocycles. The number of hydrogen-bond acceptors (Lipinski definition) is 5. The zero-order chi connectivity index (χ0) is 12.3. The molecule has 1 aromatic carbocycles. The summed E-state index contributed by atoms with van der Waals surface area (Å²) in [5.74, 6) is -0.794. The van der Waals surface area contributed by atoms with E-state index in [1.165, 1.54) is 0 Å². The van der Waals surface area contributed by atoms with E-state index < -0.39 is 16.6 Å². The van der Waals surface area contributed by atoms with E-state index in [1.807, 2.05) is 0 Å². The van der Waals surface area contributed by atoms with Crippen LogP contribution in [0.1, 0.15) is 17.3 Å². The summed E-state index contributed by atoms with van der Waals surface area (Å²) in [5, 5.41) is 10.7. The molecule has 0 amide bonds. The molecule has 0 aliphatic carbocycles. The number of nitrogens with zero attached hydrogens (tertiary/aromatic N) is 1. The number of halogens is 1. The SMILES string of the molecule is CCOC(=O)c1cc(N)c(Cl)cc1[N+](=O)[O-]. The van der Waals surface area contributed by atoms with Crippen LogP contribution in [0.5, 0.6) is 0 Å². The lowest BCUT2D eigenvalue weighted by Crippen LogP contribution is -2.09. The maximum atomic E-state index is 11.4. The molecule has 16 heavy (non-hydrogen) atoms. The van der Waals surface area contributed by atoms with E-state index in [9.17, 15) is 14.9 Å². The molecule has 0 aliphatic heterocycles. The normalized spacial score (nSPS) is 9.88. The highest BCUT2D eigenvalue weighted by Crippen LogP contribution is 2.29. The average Bonchev–Trinajstić information content (AvgIpc) is 2.21. The fourth-order valence-electron chi connectivity index (χ4n) is 1.10. The molecule has 0 unspecified atom stereocenters. The van der Waals surface area contributed by atoms with Crippen LogP contribution in [0.3, 0.4) is 0 Å². The maximum absolute atomic E-state index is 11.4. The number of nitrogen functional groups attached to an aromatic ring is 1. The molecule has 1 aromatic rings. The molecule has 0 bridgehead atoms. The summed E-state index contributed by atoms with van der Waals surface area (Å²) in [7, 11) is 0. The number of esters is 1. The third kappa shape index (κ3) is 2.40. The zero-order valence-corrected chi connectivity index (χ0v) is 9.15.